The van der Waals surface area contributed by atoms with Crippen molar-refractivity contribution in [2.45, 2.75) is 25.9 Å². The lowest BCUT2D eigenvalue weighted by Gasteiger charge is -2.08. The van der Waals surface area contributed by atoms with Gasteiger partial charge >= 0.3 is 6.18 Å². The third-order valence-electron chi connectivity index (χ3n) is 2.38. The zero-order valence-corrected chi connectivity index (χ0v) is 9.84. The van der Waals surface area contributed by atoms with Crippen molar-refractivity contribution in [3.8, 4) is 5.75 Å². The molecule has 0 heterocycles. The number of rotatable bonds is 4. The molecule has 0 atom stereocenters. The third kappa shape index (κ3) is 4.65. The molecular formula is C12H14F3NO2. The van der Waals surface area contributed by atoms with Gasteiger partial charge in [0.15, 0.2) is 0 Å². The van der Waals surface area contributed by atoms with Gasteiger partial charge < -0.3 is 10.4 Å². The molecule has 2 N–H and O–H groups in total. The van der Waals surface area contributed by atoms with E-state index in [1.54, 1.807) is 6.92 Å². The van der Waals surface area contributed by atoms with Gasteiger partial charge in [-0.2, -0.15) is 13.2 Å². The lowest BCUT2D eigenvalue weighted by Crippen LogP contribution is -2.25. The molecule has 0 spiro atoms. The summed E-state index contributed by atoms with van der Waals surface area (Å²) in [5.74, 6) is -0.371. The lowest BCUT2D eigenvalue weighted by molar-refractivity contribution is -0.135. The van der Waals surface area contributed by atoms with Crippen LogP contribution < -0.4 is 5.32 Å². The summed E-state index contributed by atoms with van der Waals surface area (Å²) in [7, 11) is 0. The van der Waals surface area contributed by atoms with Gasteiger partial charge in [0.05, 0.1) is 0 Å². The number of benzene rings is 1. The van der Waals surface area contributed by atoms with Gasteiger partial charge in [-0.05, 0) is 37.1 Å². The number of hydrogen-bond donors (Lipinski definition) is 2. The smallest absolute Gasteiger partial charge is 0.389 e. The molecule has 1 rings (SSSR count). The molecule has 0 aromatic heterocycles. The van der Waals surface area contributed by atoms with Crippen LogP contribution >= 0.6 is 0 Å². The quantitative estimate of drug-likeness (QED) is 0.819. The zero-order chi connectivity index (χ0) is 13.8. The second-order valence-electron chi connectivity index (χ2n) is 3.98. The summed E-state index contributed by atoms with van der Waals surface area (Å²) in [5, 5.41) is 11.7. The van der Waals surface area contributed by atoms with E-state index in [0.717, 1.165) is 0 Å². The highest BCUT2D eigenvalue weighted by molar-refractivity contribution is 5.94. The first-order valence-electron chi connectivity index (χ1n) is 5.44. The van der Waals surface area contributed by atoms with E-state index in [1.807, 2.05) is 0 Å². The average Bonchev–Trinajstić information content (AvgIpc) is 2.26. The topological polar surface area (TPSA) is 49.3 Å². The molecule has 100 valence electrons. The Morgan fingerprint density at radius 1 is 1.39 bits per heavy atom. The van der Waals surface area contributed by atoms with Crippen molar-refractivity contribution in [2.24, 2.45) is 0 Å². The van der Waals surface area contributed by atoms with E-state index in [9.17, 15) is 23.1 Å². The van der Waals surface area contributed by atoms with Gasteiger partial charge in [-0.1, -0.05) is 0 Å². The van der Waals surface area contributed by atoms with E-state index in [-0.39, 0.29) is 18.7 Å². The average molecular weight is 261 g/mol. The highest BCUT2D eigenvalue weighted by atomic mass is 19.4. The van der Waals surface area contributed by atoms with E-state index < -0.39 is 18.5 Å². The van der Waals surface area contributed by atoms with Crippen LogP contribution in [0.4, 0.5) is 13.2 Å². The van der Waals surface area contributed by atoms with Crippen LogP contribution in [0, 0.1) is 6.92 Å². The normalized spacial score (nSPS) is 11.3. The predicted molar refractivity (Wildman–Crippen MR) is 60.5 cm³/mol. The summed E-state index contributed by atoms with van der Waals surface area (Å²) in [6, 6.07) is 4.27. The summed E-state index contributed by atoms with van der Waals surface area (Å²) in [6.07, 6.45) is -5.26. The van der Waals surface area contributed by atoms with E-state index in [1.165, 1.54) is 18.2 Å². The molecule has 0 aliphatic rings. The predicted octanol–water partition coefficient (Wildman–Crippen LogP) is 2.77. The van der Waals surface area contributed by atoms with Crippen LogP contribution in [-0.2, 0) is 0 Å². The molecule has 18 heavy (non-hydrogen) atoms. The van der Waals surface area contributed by atoms with E-state index in [4.69, 9.17) is 0 Å². The number of phenols is 1. The largest absolute Gasteiger partial charge is 0.508 e. The maximum Gasteiger partial charge on any atom is 0.389 e. The van der Waals surface area contributed by atoms with Crippen LogP contribution in [0.3, 0.4) is 0 Å². The number of amides is 1. The Hall–Kier alpha value is -1.72. The van der Waals surface area contributed by atoms with Crippen LogP contribution in [0.15, 0.2) is 18.2 Å². The highest BCUT2D eigenvalue weighted by Crippen LogP contribution is 2.21. The summed E-state index contributed by atoms with van der Waals surface area (Å²) < 4.78 is 35.6. The van der Waals surface area contributed by atoms with Crippen LogP contribution in [0.2, 0.25) is 0 Å². The van der Waals surface area contributed by atoms with Crippen LogP contribution in [-0.4, -0.2) is 23.7 Å². The number of alkyl halides is 3. The number of carbonyl (C=O) groups excluding carboxylic acids is 1. The Labute approximate surface area is 103 Å². The number of carbonyl (C=O) groups is 1. The maximum atomic E-state index is 11.9. The molecule has 0 unspecified atom stereocenters. The molecule has 3 nitrogen and oxygen atoms in total. The molecule has 1 aromatic carbocycles. The second-order valence-corrected chi connectivity index (χ2v) is 3.98. The van der Waals surface area contributed by atoms with Crippen molar-refractivity contribution in [1.82, 2.24) is 5.32 Å². The van der Waals surface area contributed by atoms with Gasteiger partial charge in [-0.25, -0.2) is 0 Å². The fraction of sp³-hybridized carbons (Fsp3) is 0.417. The third-order valence-corrected chi connectivity index (χ3v) is 2.38. The number of aryl methyl sites for hydroxylation is 1. The van der Waals surface area contributed by atoms with Gasteiger partial charge in [0.25, 0.3) is 5.91 Å². The van der Waals surface area contributed by atoms with E-state index >= 15 is 0 Å². The molecule has 0 aliphatic heterocycles. The fourth-order valence-electron chi connectivity index (χ4n) is 1.39. The van der Waals surface area contributed by atoms with E-state index in [0.29, 0.717) is 11.1 Å². The molecule has 1 aromatic rings. The highest BCUT2D eigenvalue weighted by Gasteiger charge is 2.25. The fourth-order valence-corrected chi connectivity index (χ4v) is 1.39. The van der Waals surface area contributed by atoms with Crippen LogP contribution in [0.25, 0.3) is 0 Å². The number of hydrogen-bond acceptors (Lipinski definition) is 2. The van der Waals surface area contributed by atoms with Gasteiger partial charge in [0.1, 0.15) is 5.75 Å². The van der Waals surface area contributed by atoms with Crippen LogP contribution in [0.5, 0.6) is 5.75 Å². The molecule has 0 radical (unpaired) electrons. The minimum atomic E-state index is -4.19. The first-order valence-corrected chi connectivity index (χ1v) is 5.44. The van der Waals surface area contributed by atoms with Crippen molar-refractivity contribution in [3.05, 3.63) is 29.3 Å². The Bertz CT molecular complexity index is 430. The SMILES string of the molecule is Cc1cc(C(=O)NCCCC(F)(F)F)ccc1O. The standard InChI is InChI=1S/C12H14F3NO2/c1-8-7-9(3-4-10(8)17)11(18)16-6-2-5-12(13,14)15/h3-4,7,17H,2,5-6H2,1H3,(H,16,18). The molecular weight excluding hydrogens is 247 g/mol. The first kappa shape index (κ1) is 14.3. The number of nitrogens with one attached hydrogen (secondary N) is 1. The van der Waals surface area contributed by atoms with E-state index in [2.05, 4.69) is 5.32 Å². The molecule has 0 fully saturated rings. The van der Waals surface area contributed by atoms with Crippen molar-refractivity contribution in [1.29, 1.82) is 0 Å². The monoisotopic (exact) mass is 261 g/mol. The Balaban J connectivity index is 2.43. The molecule has 6 heteroatoms. The zero-order valence-electron chi connectivity index (χ0n) is 9.84. The number of halogens is 3. The van der Waals surface area contributed by atoms with Gasteiger partial charge in [0, 0.05) is 18.5 Å². The summed E-state index contributed by atoms with van der Waals surface area (Å²) in [4.78, 5) is 11.6. The minimum Gasteiger partial charge on any atom is -0.508 e. The van der Waals surface area contributed by atoms with Crippen molar-refractivity contribution >= 4 is 5.91 Å². The molecule has 0 saturated carbocycles. The summed E-state index contributed by atoms with van der Waals surface area (Å²) in [6.45, 7) is 1.61. The van der Waals surface area contributed by atoms with Gasteiger partial charge in [-0.15, -0.1) is 0 Å². The first-order chi connectivity index (χ1) is 8.29. The lowest BCUT2D eigenvalue weighted by atomic mass is 10.1. The van der Waals surface area contributed by atoms with Crippen molar-refractivity contribution in [3.63, 3.8) is 0 Å². The Kier molecular flexibility index (Phi) is 4.58. The molecule has 0 saturated heterocycles. The van der Waals surface area contributed by atoms with Crippen molar-refractivity contribution < 1.29 is 23.1 Å². The van der Waals surface area contributed by atoms with Crippen molar-refractivity contribution in [2.75, 3.05) is 6.54 Å². The molecule has 0 bridgehead atoms. The van der Waals surface area contributed by atoms with Gasteiger partial charge in [0.2, 0.25) is 0 Å². The second kappa shape index (κ2) is 5.75. The minimum absolute atomic E-state index is 0.0295. The number of phenolic OH excluding ortho intramolecular Hbond substituents is 1. The Morgan fingerprint density at radius 3 is 2.61 bits per heavy atom. The maximum absolute atomic E-state index is 11.9. The van der Waals surface area contributed by atoms with Crippen LogP contribution in [0.1, 0.15) is 28.8 Å². The van der Waals surface area contributed by atoms with Gasteiger partial charge in [-0.3, -0.25) is 4.79 Å². The molecule has 0 aliphatic carbocycles. The summed E-state index contributed by atoms with van der Waals surface area (Å²) >= 11 is 0. The summed E-state index contributed by atoms with van der Waals surface area (Å²) in [5.41, 5.74) is 0.857. The number of aromatic hydroxyl groups is 1. The molecule has 1 amide bonds. The Morgan fingerprint density at radius 2 is 2.06 bits per heavy atom.